The fraction of sp³-hybridized carbons (Fsp3) is 0.462. The number of benzene rings is 1. The molecule has 0 saturated heterocycles. The molecule has 0 bridgehead atoms. The van der Waals surface area contributed by atoms with Gasteiger partial charge in [0.2, 0.25) is 0 Å². The highest BCUT2D eigenvalue weighted by Gasteiger charge is 2.19. The van der Waals surface area contributed by atoms with Crippen LogP contribution in [-0.2, 0) is 0 Å². The standard InChI is InChI=1S/C13H21N3O/c1-6-16-12-9(4)11(15-5)8(3)7(2)10(12)13(14)17/h15-16H,6H2,1-5H3,(H2,14,17). The van der Waals surface area contributed by atoms with Crippen LogP contribution in [0.15, 0.2) is 0 Å². The van der Waals surface area contributed by atoms with E-state index in [1.165, 1.54) is 0 Å². The maximum Gasteiger partial charge on any atom is 0.251 e. The van der Waals surface area contributed by atoms with Crippen molar-refractivity contribution in [2.75, 3.05) is 24.2 Å². The summed E-state index contributed by atoms with van der Waals surface area (Å²) in [7, 11) is 1.88. The molecule has 1 rings (SSSR count). The summed E-state index contributed by atoms with van der Waals surface area (Å²) in [6.07, 6.45) is 0. The Labute approximate surface area is 103 Å². The van der Waals surface area contributed by atoms with Crippen LogP contribution in [0.4, 0.5) is 11.4 Å². The van der Waals surface area contributed by atoms with Gasteiger partial charge in [0.1, 0.15) is 0 Å². The number of rotatable bonds is 4. The number of hydrogen-bond donors (Lipinski definition) is 3. The van der Waals surface area contributed by atoms with Gasteiger partial charge in [-0.3, -0.25) is 4.79 Å². The Kier molecular flexibility index (Phi) is 3.99. The number of nitrogens with two attached hydrogens (primary N) is 1. The lowest BCUT2D eigenvalue weighted by Gasteiger charge is -2.21. The normalized spacial score (nSPS) is 10.2. The Balaban J connectivity index is 3.64. The van der Waals surface area contributed by atoms with Gasteiger partial charge in [-0.1, -0.05) is 0 Å². The molecule has 0 fully saturated rings. The zero-order valence-corrected chi connectivity index (χ0v) is 11.2. The molecule has 4 N–H and O–H groups in total. The van der Waals surface area contributed by atoms with Crippen molar-refractivity contribution >= 4 is 17.3 Å². The molecule has 0 unspecified atom stereocenters. The first-order chi connectivity index (χ1) is 7.95. The van der Waals surface area contributed by atoms with E-state index < -0.39 is 0 Å². The maximum atomic E-state index is 11.6. The minimum absolute atomic E-state index is 0.382. The summed E-state index contributed by atoms with van der Waals surface area (Å²) in [5.74, 6) is -0.382. The molecule has 0 aliphatic carbocycles. The molecule has 17 heavy (non-hydrogen) atoms. The van der Waals surface area contributed by atoms with E-state index in [-0.39, 0.29) is 5.91 Å². The van der Waals surface area contributed by atoms with Gasteiger partial charge in [0, 0.05) is 19.3 Å². The fourth-order valence-electron chi connectivity index (χ4n) is 2.24. The van der Waals surface area contributed by atoms with Crippen LogP contribution in [0, 0.1) is 20.8 Å². The van der Waals surface area contributed by atoms with Crippen molar-refractivity contribution in [1.29, 1.82) is 0 Å². The lowest BCUT2D eigenvalue weighted by Crippen LogP contribution is -2.19. The highest BCUT2D eigenvalue weighted by atomic mass is 16.1. The number of amides is 1. The lowest BCUT2D eigenvalue weighted by atomic mass is 9.94. The SMILES string of the molecule is CCNc1c(C)c(NC)c(C)c(C)c1C(N)=O. The van der Waals surface area contributed by atoms with Crippen molar-refractivity contribution in [1.82, 2.24) is 0 Å². The van der Waals surface area contributed by atoms with Gasteiger partial charge in [-0.2, -0.15) is 0 Å². The Morgan fingerprint density at radius 2 is 1.71 bits per heavy atom. The van der Waals surface area contributed by atoms with Crippen LogP contribution in [0.3, 0.4) is 0 Å². The highest BCUT2D eigenvalue weighted by Crippen LogP contribution is 2.34. The summed E-state index contributed by atoms with van der Waals surface area (Å²) < 4.78 is 0. The van der Waals surface area contributed by atoms with E-state index in [1.54, 1.807) is 0 Å². The van der Waals surface area contributed by atoms with Crippen molar-refractivity contribution in [3.63, 3.8) is 0 Å². The van der Waals surface area contributed by atoms with Gasteiger partial charge in [0.25, 0.3) is 5.91 Å². The van der Waals surface area contributed by atoms with Crippen molar-refractivity contribution in [3.05, 3.63) is 22.3 Å². The van der Waals surface area contributed by atoms with Crippen molar-refractivity contribution in [2.24, 2.45) is 5.73 Å². The molecule has 0 aromatic heterocycles. The molecule has 0 spiro atoms. The fourth-order valence-corrected chi connectivity index (χ4v) is 2.24. The van der Waals surface area contributed by atoms with E-state index in [4.69, 9.17) is 5.73 Å². The Bertz CT molecular complexity index is 453. The summed E-state index contributed by atoms with van der Waals surface area (Å²) >= 11 is 0. The van der Waals surface area contributed by atoms with Gasteiger partial charge >= 0.3 is 0 Å². The number of nitrogens with one attached hydrogen (secondary N) is 2. The molecule has 0 heterocycles. The van der Waals surface area contributed by atoms with E-state index in [2.05, 4.69) is 10.6 Å². The molecular formula is C13H21N3O. The zero-order chi connectivity index (χ0) is 13.2. The minimum Gasteiger partial charge on any atom is -0.388 e. The topological polar surface area (TPSA) is 67.2 Å². The summed E-state index contributed by atoms with van der Waals surface area (Å²) in [4.78, 5) is 11.6. The number of primary amides is 1. The second-order valence-electron chi connectivity index (χ2n) is 4.14. The first-order valence-corrected chi connectivity index (χ1v) is 5.80. The molecule has 0 saturated carbocycles. The van der Waals surface area contributed by atoms with Crippen molar-refractivity contribution in [2.45, 2.75) is 27.7 Å². The van der Waals surface area contributed by atoms with Gasteiger partial charge in [-0.25, -0.2) is 0 Å². The van der Waals surface area contributed by atoms with Gasteiger partial charge in [0.05, 0.1) is 11.3 Å². The molecule has 1 aromatic rings. The number of carbonyl (C=O) groups excluding carboxylic acids is 1. The summed E-state index contributed by atoms with van der Waals surface area (Å²) in [5, 5.41) is 6.40. The van der Waals surface area contributed by atoms with Crippen LogP contribution < -0.4 is 16.4 Å². The van der Waals surface area contributed by atoms with Gasteiger partial charge in [-0.05, 0) is 44.4 Å². The molecule has 1 amide bonds. The number of hydrogen-bond acceptors (Lipinski definition) is 3. The average molecular weight is 235 g/mol. The van der Waals surface area contributed by atoms with Crippen LogP contribution in [0.1, 0.15) is 34.0 Å². The molecule has 4 heteroatoms. The van der Waals surface area contributed by atoms with Crippen LogP contribution >= 0.6 is 0 Å². The molecule has 0 atom stereocenters. The second-order valence-corrected chi connectivity index (χ2v) is 4.14. The third kappa shape index (κ3) is 2.20. The predicted molar refractivity (Wildman–Crippen MR) is 72.9 cm³/mol. The molecule has 94 valence electrons. The summed E-state index contributed by atoms with van der Waals surface area (Å²) in [6.45, 7) is 8.67. The summed E-state index contributed by atoms with van der Waals surface area (Å²) in [5.41, 5.74) is 11.0. The minimum atomic E-state index is -0.382. The third-order valence-corrected chi connectivity index (χ3v) is 3.16. The Morgan fingerprint density at radius 3 is 2.12 bits per heavy atom. The largest absolute Gasteiger partial charge is 0.388 e. The molecule has 0 radical (unpaired) electrons. The van der Waals surface area contributed by atoms with Gasteiger partial charge < -0.3 is 16.4 Å². The van der Waals surface area contributed by atoms with Gasteiger partial charge in [-0.15, -0.1) is 0 Å². The lowest BCUT2D eigenvalue weighted by molar-refractivity contribution is 0.100. The van der Waals surface area contributed by atoms with Crippen LogP contribution in [0.25, 0.3) is 0 Å². The van der Waals surface area contributed by atoms with Crippen molar-refractivity contribution in [3.8, 4) is 0 Å². The molecule has 1 aromatic carbocycles. The van der Waals surface area contributed by atoms with Crippen molar-refractivity contribution < 1.29 is 4.79 Å². The van der Waals surface area contributed by atoms with Gasteiger partial charge in [0.15, 0.2) is 0 Å². The predicted octanol–water partition coefficient (Wildman–Crippen LogP) is 2.18. The van der Waals surface area contributed by atoms with E-state index in [0.717, 1.165) is 34.6 Å². The van der Waals surface area contributed by atoms with Crippen LogP contribution in [-0.4, -0.2) is 19.5 Å². The second kappa shape index (κ2) is 5.08. The Hall–Kier alpha value is -1.71. The molecule has 0 aliphatic heterocycles. The zero-order valence-electron chi connectivity index (χ0n) is 11.2. The Morgan fingerprint density at radius 1 is 1.12 bits per heavy atom. The molecule has 0 aliphatic rings. The monoisotopic (exact) mass is 235 g/mol. The van der Waals surface area contributed by atoms with E-state index >= 15 is 0 Å². The van der Waals surface area contributed by atoms with Crippen LogP contribution in [0.2, 0.25) is 0 Å². The number of carbonyl (C=O) groups is 1. The first kappa shape index (κ1) is 13.4. The maximum absolute atomic E-state index is 11.6. The molecular weight excluding hydrogens is 214 g/mol. The van der Waals surface area contributed by atoms with Crippen LogP contribution in [0.5, 0.6) is 0 Å². The van der Waals surface area contributed by atoms with E-state index in [9.17, 15) is 4.79 Å². The average Bonchev–Trinajstić information content (AvgIpc) is 2.26. The smallest absolute Gasteiger partial charge is 0.251 e. The van der Waals surface area contributed by atoms with E-state index in [0.29, 0.717) is 5.56 Å². The van der Waals surface area contributed by atoms with E-state index in [1.807, 2.05) is 34.7 Å². The number of anilines is 2. The quantitative estimate of drug-likeness (QED) is 0.749. The first-order valence-electron chi connectivity index (χ1n) is 5.80. The summed E-state index contributed by atoms with van der Waals surface area (Å²) in [6, 6.07) is 0. The highest BCUT2D eigenvalue weighted by molar-refractivity contribution is 6.02. The third-order valence-electron chi connectivity index (χ3n) is 3.16. The molecule has 4 nitrogen and oxygen atoms in total.